The molecular formula is C12H13NO3. The second-order valence-electron chi connectivity index (χ2n) is 3.84. The van der Waals surface area contributed by atoms with Crippen molar-refractivity contribution in [1.82, 2.24) is 0 Å². The lowest BCUT2D eigenvalue weighted by atomic mass is 9.95. The Morgan fingerprint density at radius 3 is 2.69 bits per heavy atom. The van der Waals surface area contributed by atoms with E-state index in [0.29, 0.717) is 6.61 Å². The van der Waals surface area contributed by atoms with Crippen molar-refractivity contribution in [3.8, 4) is 0 Å². The largest absolute Gasteiger partial charge is 0.365 e. The highest BCUT2D eigenvalue weighted by Crippen LogP contribution is 2.35. The molecule has 1 aliphatic heterocycles. The molecule has 2 rings (SSSR count). The van der Waals surface area contributed by atoms with Crippen LogP contribution in [0, 0.1) is 16.0 Å². The fourth-order valence-electron chi connectivity index (χ4n) is 2.05. The van der Waals surface area contributed by atoms with Crippen LogP contribution in [0.3, 0.4) is 0 Å². The van der Waals surface area contributed by atoms with Gasteiger partial charge in [-0.25, -0.2) is 0 Å². The van der Waals surface area contributed by atoms with E-state index < -0.39 is 12.1 Å². The van der Waals surface area contributed by atoms with Gasteiger partial charge in [-0.1, -0.05) is 36.4 Å². The normalized spacial score (nSPS) is 28.9. The van der Waals surface area contributed by atoms with Gasteiger partial charge in [0.15, 0.2) is 6.10 Å². The van der Waals surface area contributed by atoms with Crippen molar-refractivity contribution in [3.63, 3.8) is 0 Å². The summed E-state index contributed by atoms with van der Waals surface area (Å²) in [6.07, 6.45) is 1.15. The van der Waals surface area contributed by atoms with E-state index in [1.165, 1.54) is 0 Å². The van der Waals surface area contributed by atoms with Crippen LogP contribution in [0.15, 0.2) is 43.0 Å². The van der Waals surface area contributed by atoms with E-state index in [2.05, 4.69) is 6.58 Å². The smallest absolute Gasteiger partial charge is 0.251 e. The summed E-state index contributed by atoms with van der Waals surface area (Å²) in [5, 5.41) is 11.0. The summed E-state index contributed by atoms with van der Waals surface area (Å²) in [4.78, 5) is 10.8. The molecule has 1 aromatic rings. The van der Waals surface area contributed by atoms with Crippen LogP contribution in [-0.4, -0.2) is 17.6 Å². The topological polar surface area (TPSA) is 52.4 Å². The van der Waals surface area contributed by atoms with E-state index in [-0.39, 0.29) is 10.8 Å². The van der Waals surface area contributed by atoms with Crippen molar-refractivity contribution in [1.29, 1.82) is 0 Å². The lowest BCUT2D eigenvalue weighted by molar-refractivity contribution is -0.533. The third kappa shape index (κ3) is 1.84. The molecule has 4 heteroatoms. The molecule has 0 aliphatic carbocycles. The number of nitro groups is 1. The number of ether oxygens (including phenoxy) is 1. The Balaban J connectivity index is 2.28. The van der Waals surface area contributed by atoms with E-state index in [1.54, 1.807) is 6.08 Å². The average Bonchev–Trinajstić information content (AvgIpc) is 2.73. The number of hydrogen-bond acceptors (Lipinski definition) is 3. The molecule has 84 valence electrons. The summed E-state index contributed by atoms with van der Waals surface area (Å²) in [5.74, 6) is -0.208. The molecule has 3 atom stereocenters. The molecule has 16 heavy (non-hydrogen) atoms. The first kappa shape index (κ1) is 10.8. The van der Waals surface area contributed by atoms with Crippen LogP contribution in [-0.2, 0) is 4.74 Å². The van der Waals surface area contributed by atoms with Crippen LogP contribution in [0.2, 0.25) is 0 Å². The number of rotatable bonds is 3. The van der Waals surface area contributed by atoms with Gasteiger partial charge in [0, 0.05) is 4.92 Å². The zero-order valence-electron chi connectivity index (χ0n) is 8.78. The van der Waals surface area contributed by atoms with Gasteiger partial charge < -0.3 is 4.74 Å². The molecule has 0 unspecified atom stereocenters. The third-order valence-electron chi connectivity index (χ3n) is 2.89. The molecule has 0 amide bonds. The summed E-state index contributed by atoms with van der Waals surface area (Å²) >= 11 is 0. The van der Waals surface area contributed by atoms with Crippen LogP contribution in [0.25, 0.3) is 0 Å². The van der Waals surface area contributed by atoms with Crippen molar-refractivity contribution in [3.05, 3.63) is 58.7 Å². The molecule has 1 saturated heterocycles. The van der Waals surface area contributed by atoms with E-state index >= 15 is 0 Å². The minimum Gasteiger partial charge on any atom is -0.365 e. The molecule has 4 nitrogen and oxygen atoms in total. The van der Waals surface area contributed by atoms with Gasteiger partial charge in [0.2, 0.25) is 0 Å². The van der Waals surface area contributed by atoms with E-state index in [0.717, 1.165) is 5.56 Å². The van der Waals surface area contributed by atoms with E-state index in [4.69, 9.17) is 4.74 Å². The van der Waals surface area contributed by atoms with Gasteiger partial charge in [-0.3, -0.25) is 10.1 Å². The van der Waals surface area contributed by atoms with Crippen LogP contribution in [0.4, 0.5) is 0 Å². The summed E-state index contributed by atoms with van der Waals surface area (Å²) in [7, 11) is 0. The minimum absolute atomic E-state index is 0.208. The molecular weight excluding hydrogens is 206 g/mol. The lowest BCUT2D eigenvalue weighted by Crippen LogP contribution is -2.29. The van der Waals surface area contributed by atoms with Crippen molar-refractivity contribution >= 4 is 0 Å². The molecule has 1 fully saturated rings. The van der Waals surface area contributed by atoms with E-state index in [1.807, 2.05) is 30.3 Å². The standard InChI is InChI=1S/C12H13NO3/c1-2-9-8-16-12(11(9)13(14)15)10-6-4-3-5-7-10/h2-7,9,11-12H,1,8H2/t9-,11-,12+/m0/s1. The van der Waals surface area contributed by atoms with Gasteiger partial charge in [-0.05, 0) is 5.56 Å². The van der Waals surface area contributed by atoms with Gasteiger partial charge >= 0.3 is 0 Å². The number of nitrogens with zero attached hydrogens (tertiary/aromatic N) is 1. The fraction of sp³-hybridized carbons (Fsp3) is 0.333. The fourth-order valence-corrected chi connectivity index (χ4v) is 2.05. The maximum absolute atomic E-state index is 11.0. The van der Waals surface area contributed by atoms with Gasteiger partial charge in [-0.2, -0.15) is 0 Å². The Bertz CT molecular complexity index is 391. The van der Waals surface area contributed by atoms with Crippen LogP contribution in [0.1, 0.15) is 11.7 Å². The highest BCUT2D eigenvalue weighted by Gasteiger charge is 2.45. The van der Waals surface area contributed by atoms with Crippen molar-refractivity contribution < 1.29 is 9.66 Å². The highest BCUT2D eigenvalue weighted by atomic mass is 16.6. The monoisotopic (exact) mass is 219 g/mol. The Kier molecular flexibility index (Phi) is 3.01. The summed E-state index contributed by atoms with van der Waals surface area (Å²) in [6.45, 7) is 3.99. The molecule has 1 aliphatic rings. The first-order chi connectivity index (χ1) is 7.74. The molecule has 0 N–H and O–H groups in total. The molecule has 0 aromatic heterocycles. The SMILES string of the molecule is C=C[C@H]1CO[C@H](c2ccccc2)[C@H]1[N+](=O)[O-]. The van der Waals surface area contributed by atoms with Crippen molar-refractivity contribution in [2.45, 2.75) is 12.1 Å². The Morgan fingerprint density at radius 1 is 1.44 bits per heavy atom. The maximum Gasteiger partial charge on any atom is 0.251 e. The molecule has 0 radical (unpaired) electrons. The molecule has 0 bridgehead atoms. The molecule has 1 heterocycles. The summed E-state index contributed by atoms with van der Waals surface area (Å²) in [6, 6.07) is 8.58. The van der Waals surface area contributed by atoms with Gasteiger partial charge in [0.1, 0.15) is 0 Å². The second kappa shape index (κ2) is 4.45. The average molecular weight is 219 g/mol. The number of benzene rings is 1. The van der Waals surface area contributed by atoms with Crippen molar-refractivity contribution in [2.24, 2.45) is 5.92 Å². The zero-order valence-corrected chi connectivity index (χ0v) is 8.78. The minimum atomic E-state index is -0.722. The van der Waals surface area contributed by atoms with Crippen molar-refractivity contribution in [2.75, 3.05) is 6.61 Å². The predicted molar refractivity (Wildman–Crippen MR) is 59.6 cm³/mol. The second-order valence-corrected chi connectivity index (χ2v) is 3.84. The quantitative estimate of drug-likeness (QED) is 0.445. The van der Waals surface area contributed by atoms with Crippen LogP contribution < -0.4 is 0 Å². The summed E-state index contributed by atoms with van der Waals surface area (Å²) < 4.78 is 5.50. The Morgan fingerprint density at radius 2 is 2.12 bits per heavy atom. The lowest BCUT2D eigenvalue weighted by Gasteiger charge is -2.14. The Labute approximate surface area is 93.7 Å². The van der Waals surface area contributed by atoms with E-state index in [9.17, 15) is 10.1 Å². The van der Waals surface area contributed by atoms with Crippen LogP contribution >= 0.6 is 0 Å². The predicted octanol–water partition coefficient (Wildman–Crippen LogP) is 2.21. The first-order valence-electron chi connectivity index (χ1n) is 5.16. The maximum atomic E-state index is 11.0. The zero-order chi connectivity index (χ0) is 11.5. The van der Waals surface area contributed by atoms with Gasteiger partial charge in [0.05, 0.1) is 12.5 Å². The van der Waals surface area contributed by atoms with Crippen LogP contribution in [0.5, 0.6) is 0 Å². The number of hydrogen-bond donors (Lipinski definition) is 0. The third-order valence-corrected chi connectivity index (χ3v) is 2.89. The van der Waals surface area contributed by atoms with Gasteiger partial charge in [0.25, 0.3) is 6.04 Å². The molecule has 1 aromatic carbocycles. The first-order valence-corrected chi connectivity index (χ1v) is 5.16. The van der Waals surface area contributed by atoms with Gasteiger partial charge in [-0.15, -0.1) is 6.58 Å². The highest BCUT2D eigenvalue weighted by molar-refractivity contribution is 5.20. The molecule has 0 saturated carbocycles. The Hall–Kier alpha value is -1.68. The summed E-state index contributed by atoms with van der Waals surface area (Å²) in [5.41, 5.74) is 0.855. The molecule has 0 spiro atoms.